The maximum Gasteiger partial charge on any atom is 0.243 e. The van der Waals surface area contributed by atoms with Crippen molar-refractivity contribution in [3.05, 3.63) is 36.0 Å². The van der Waals surface area contributed by atoms with E-state index in [1.165, 1.54) is 0 Å². The zero-order chi connectivity index (χ0) is 15.7. The Labute approximate surface area is 131 Å². The second kappa shape index (κ2) is 5.95. The first-order valence-corrected chi connectivity index (χ1v) is 9.02. The third kappa shape index (κ3) is 2.62. The Morgan fingerprint density at radius 2 is 2.00 bits per heavy atom. The van der Waals surface area contributed by atoms with Crippen LogP contribution in [0.3, 0.4) is 0 Å². The van der Waals surface area contributed by atoms with Crippen LogP contribution in [0.25, 0.3) is 10.9 Å². The first-order valence-electron chi connectivity index (χ1n) is 7.58. The minimum Gasteiger partial charge on any atom is -0.330 e. The van der Waals surface area contributed by atoms with Crippen LogP contribution in [0.4, 0.5) is 0 Å². The van der Waals surface area contributed by atoms with Crippen molar-refractivity contribution in [3.63, 3.8) is 0 Å². The molecule has 6 heteroatoms. The zero-order valence-electron chi connectivity index (χ0n) is 12.7. The third-order valence-electron chi connectivity index (χ3n) is 4.46. The highest BCUT2D eigenvalue weighted by Crippen LogP contribution is 2.29. The molecule has 1 aromatic carbocycles. The van der Waals surface area contributed by atoms with Gasteiger partial charge in [0.15, 0.2) is 0 Å². The highest BCUT2D eigenvalue weighted by molar-refractivity contribution is 7.89. The molecule has 0 bridgehead atoms. The lowest BCUT2D eigenvalue weighted by molar-refractivity contribution is 0.278. The van der Waals surface area contributed by atoms with E-state index in [1.807, 2.05) is 19.1 Å². The number of nitrogens with zero attached hydrogens (tertiary/aromatic N) is 2. The molecule has 1 aliphatic heterocycles. The minimum absolute atomic E-state index is 0.354. The number of sulfonamides is 1. The van der Waals surface area contributed by atoms with Crippen molar-refractivity contribution in [2.45, 2.75) is 24.7 Å². The Morgan fingerprint density at radius 1 is 1.27 bits per heavy atom. The Morgan fingerprint density at radius 3 is 2.68 bits per heavy atom. The van der Waals surface area contributed by atoms with Crippen LogP contribution < -0.4 is 5.73 Å². The Hall–Kier alpha value is -1.50. The van der Waals surface area contributed by atoms with Gasteiger partial charge < -0.3 is 5.73 Å². The fourth-order valence-corrected chi connectivity index (χ4v) is 4.69. The smallest absolute Gasteiger partial charge is 0.243 e. The zero-order valence-corrected chi connectivity index (χ0v) is 13.5. The molecule has 0 aliphatic carbocycles. The van der Waals surface area contributed by atoms with Gasteiger partial charge in [0, 0.05) is 24.7 Å². The summed E-state index contributed by atoms with van der Waals surface area (Å²) in [5.74, 6) is 0.433. The van der Waals surface area contributed by atoms with Crippen LogP contribution >= 0.6 is 0 Å². The number of piperidine rings is 1. The summed E-state index contributed by atoms with van der Waals surface area (Å²) in [6.45, 7) is 3.66. The molecular weight excluding hydrogens is 298 g/mol. The van der Waals surface area contributed by atoms with E-state index in [4.69, 9.17) is 5.73 Å². The number of benzene rings is 1. The molecule has 2 aromatic rings. The van der Waals surface area contributed by atoms with Crippen molar-refractivity contribution in [2.75, 3.05) is 19.6 Å². The first kappa shape index (κ1) is 15.4. The molecule has 0 amide bonds. The predicted octanol–water partition coefficient (Wildman–Crippen LogP) is 1.90. The van der Waals surface area contributed by atoms with E-state index < -0.39 is 10.0 Å². The average molecular weight is 319 g/mol. The maximum atomic E-state index is 13.0. The third-order valence-corrected chi connectivity index (χ3v) is 6.41. The van der Waals surface area contributed by atoms with E-state index in [2.05, 4.69) is 4.98 Å². The molecule has 118 valence electrons. The minimum atomic E-state index is -3.48. The summed E-state index contributed by atoms with van der Waals surface area (Å²) >= 11 is 0. The van der Waals surface area contributed by atoms with Crippen molar-refractivity contribution in [1.29, 1.82) is 0 Å². The van der Waals surface area contributed by atoms with Gasteiger partial charge in [-0.3, -0.25) is 4.98 Å². The van der Waals surface area contributed by atoms with E-state index in [0.717, 1.165) is 23.9 Å². The van der Waals surface area contributed by atoms with Crippen LogP contribution in [0.2, 0.25) is 0 Å². The van der Waals surface area contributed by atoms with Gasteiger partial charge in [-0.05, 0) is 56.0 Å². The molecule has 1 aliphatic rings. The molecule has 1 saturated heterocycles. The van der Waals surface area contributed by atoms with Crippen LogP contribution in [0.5, 0.6) is 0 Å². The molecule has 0 radical (unpaired) electrons. The number of hydrogen-bond donors (Lipinski definition) is 1. The number of aryl methyl sites for hydroxylation is 1. The molecule has 3 rings (SSSR count). The van der Waals surface area contributed by atoms with Crippen LogP contribution in [-0.4, -0.2) is 37.3 Å². The van der Waals surface area contributed by atoms with E-state index >= 15 is 0 Å². The molecule has 2 N–H and O–H groups in total. The molecule has 22 heavy (non-hydrogen) atoms. The largest absolute Gasteiger partial charge is 0.330 e. The molecule has 0 spiro atoms. The number of fused-ring (bicyclic) bond motifs is 1. The van der Waals surface area contributed by atoms with Crippen molar-refractivity contribution >= 4 is 20.9 Å². The Balaban J connectivity index is 2.02. The SMILES string of the molecule is Cc1ccc(S(=O)(=O)N2CCC(CN)CC2)c2cccnc12. The summed E-state index contributed by atoms with van der Waals surface area (Å²) in [6, 6.07) is 7.13. The van der Waals surface area contributed by atoms with Gasteiger partial charge in [0.05, 0.1) is 10.4 Å². The summed E-state index contributed by atoms with van der Waals surface area (Å²) in [6.07, 6.45) is 3.36. The molecule has 0 atom stereocenters. The lowest BCUT2D eigenvalue weighted by Gasteiger charge is -2.30. The molecular formula is C16H21N3O2S. The summed E-state index contributed by atoms with van der Waals surface area (Å²) in [5.41, 5.74) is 7.42. The molecule has 0 saturated carbocycles. The fraction of sp³-hybridized carbons (Fsp3) is 0.438. The van der Waals surface area contributed by atoms with Gasteiger partial charge in [-0.2, -0.15) is 4.31 Å². The molecule has 1 fully saturated rings. The fourth-order valence-electron chi connectivity index (χ4n) is 3.04. The second-order valence-electron chi connectivity index (χ2n) is 5.86. The summed E-state index contributed by atoms with van der Waals surface area (Å²) in [4.78, 5) is 4.68. The van der Waals surface area contributed by atoms with Gasteiger partial charge in [0.1, 0.15) is 0 Å². The van der Waals surface area contributed by atoms with E-state index in [0.29, 0.717) is 35.8 Å². The highest BCUT2D eigenvalue weighted by atomic mass is 32.2. The van der Waals surface area contributed by atoms with Crippen LogP contribution in [0, 0.1) is 12.8 Å². The average Bonchev–Trinajstić information content (AvgIpc) is 2.55. The maximum absolute atomic E-state index is 13.0. The summed E-state index contributed by atoms with van der Waals surface area (Å²) in [7, 11) is -3.48. The normalized spacial score (nSPS) is 17.9. The summed E-state index contributed by atoms with van der Waals surface area (Å²) < 4.78 is 27.5. The molecule has 1 aromatic heterocycles. The van der Waals surface area contributed by atoms with E-state index in [1.54, 1.807) is 22.6 Å². The van der Waals surface area contributed by atoms with Crippen LogP contribution in [0.1, 0.15) is 18.4 Å². The topological polar surface area (TPSA) is 76.3 Å². The van der Waals surface area contributed by atoms with Crippen molar-refractivity contribution in [1.82, 2.24) is 9.29 Å². The Kier molecular flexibility index (Phi) is 4.16. The number of aromatic nitrogens is 1. The van der Waals surface area contributed by atoms with Gasteiger partial charge in [0.2, 0.25) is 10.0 Å². The van der Waals surface area contributed by atoms with Gasteiger partial charge in [-0.1, -0.05) is 6.07 Å². The van der Waals surface area contributed by atoms with Gasteiger partial charge >= 0.3 is 0 Å². The standard InChI is InChI=1S/C16H21N3O2S/c1-12-4-5-15(14-3-2-8-18-16(12)14)22(20,21)19-9-6-13(11-17)7-10-19/h2-5,8,13H,6-7,9-11,17H2,1H3. The van der Waals surface area contributed by atoms with Crippen molar-refractivity contribution in [3.8, 4) is 0 Å². The number of nitrogens with two attached hydrogens (primary N) is 1. The first-order chi connectivity index (χ1) is 10.5. The number of rotatable bonds is 3. The Bertz CT molecular complexity index is 781. The molecule has 0 unspecified atom stereocenters. The van der Waals surface area contributed by atoms with Gasteiger partial charge in [-0.15, -0.1) is 0 Å². The number of pyridine rings is 1. The lowest BCUT2D eigenvalue weighted by atomic mass is 9.99. The van der Waals surface area contributed by atoms with Crippen molar-refractivity contribution < 1.29 is 8.42 Å². The second-order valence-corrected chi connectivity index (χ2v) is 7.77. The van der Waals surface area contributed by atoms with Gasteiger partial charge in [0.25, 0.3) is 0 Å². The monoisotopic (exact) mass is 319 g/mol. The molecule has 5 nitrogen and oxygen atoms in total. The van der Waals surface area contributed by atoms with Crippen molar-refractivity contribution in [2.24, 2.45) is 11.7 Å². The lowest BCUT2D eigenvalue weighted by Crippen LogP contribution is -2.40. The van der Waals surface area contributed by atoms with E-state index in [9.17, 15) is 8.42 Å². The predicted molar refractivity (Wildman–Crippen MR) is 87.0 cm³/mol. The summed E-state index contributed by atoms with van der Waals surface area (Å²) in [5, 5.41) is 0.698. The van der Waals surface area contributed by atoms with Crippen LogP contribution in [0.15, 0.2) is 35.4 Å². The quantitative estimate of drug-likeness (QED) is 0.937. The van der Waals surface area contributed by atoms with Gasteiger partial charge in [-0.25, -0.2) is 8.42 Å². The van der Waals surface area contributed by atoms with Crippen LogP contribution in [-0.2, 0) is 10.0 Å². The highest BCUT2D eigenvalue weighted by Gasteiger charge is 2.30. The number of hydrogen-bond acceptors (Lipinski definition) is 4. The molecule has 2 heterocycles. The van der Waals surface area contributed by atoms with E-state index in [-0.39, 0.29) is 0 Å².